The molecule has 0 spiro atoms. The Morgan fingerprint density at radius 3 is 2.90 bits per heavy atom. The van der Waals surface area contributed by atoms with E-state index in [1.165, 1.54) is 6.07 Å². The molecule has 0 bridgehead atoms. The van der Waals surface area contributed by atoms with Gasteiger partial charge < -0.3 is 23.9 Å². The van der Waals surface area contributed by atoms with Crippen molar-refractivity contribution in [2.24, 2.45) is 0 Å². The number of hydrogen-bond acceptors (Lipinski definition) is 6. The fraction of sp³-hybridized carbons (Fsp3) is 0.591. The topological polar surface area (TPSA) is 95.6 Å². The number of nitrogens with one attached hydrogen (secondary N) is 1. The zero-order valence-electron chi connectivity index (χ0n) is 17.7. The van der Waals surface area contributed by atoms with Crippen LogP contribution >= 0.6 is 0 Å². The van der Waals surface area contributed by atoms with Crippen molar-refractivity contribution in [2.45, 2.75) is 71.6 Å². The van der Waals surface area contributed by atoms with E-state index in [4.69, 9.17) is 14.0 Å². The molecule has 4 rings (SSSR count). The maximum atomic E-state index is 13.2. The highest BCUT2D eigenvalue weighted by Gasteiger charge is 2.25. The zero-order chi connectivity index (χ0) is 21.1. The van der Waals surface area contributed by atoms with Gasteiger partial charge in [-0.15, -0.1) is 0 Å². The van der Waals surface area contributed by atoms with E-state index in [-0.39, 0.29) is 24.2 Å². The Hall–Kier alpha value is -2.61. The van der Waals surface area contributed by atoms with Crippen LogP contribution in [0.1, 0.15) is 65.2 Å². The average Bonchev–Trinajstić information content (AvgIpc) is 3.27. The van der Waals surface area contributed by atoms with Crippen LogP contribution in [0, 0.1) is 13.8 Å². The number of pyridine rings is 1. The third kappa shape index (κ3) is 4.28. The van der Waals surface area contributed by atoms with Gasteiger partial charge in [-0.1, -0.05) is 11.6 Å². The largest absolute Gasteiger partial charge is 0.488 e. The van der Waals surface area contributed by atoms with Crippen LogP contribution in [-0.2, 0) is 24.3 Å². The van der Waals surface area contributed by atoms with Crippen LogP contribution in [0.2, 0.25) is 0 Å². The maximum absolute atomic E-state index is 13.2. The number of ether oxygens (including phenoxy) is 2. The second-order valence-corrected chi connectivity index (χ2v) is 8.07. The fourth-order valence-electron chi connectivity index (χ4n) is 4.23. The third-order valence-corrected chi connectivity index (χ3v) is 5.97. The van der Waals surface area contributed by atoms with E-state index in [9.17, 15) is 9.59 Å². The number of hydrogen-bond donors (Lipinski definition) is 1. The lowest BCUT2D eigenvalue weighted by Gasteiger charge is -2.19. The van der Waals surface area contributed by atoms with Crippen LogP contribution in [0.3, 0.4) is 0 Å². The van der Waals surface area contributed by atoms with Gasteiger partial charge in [0.2, 0.25) is 0 Å². The molecule has 2 aromatic rings. The van der Waals surface area contributed by atoms with E-state index in [0.717, 1.165) is 55.7 Å². The quantitative estimate of drug-likeness (QED) is 0.779. The molecular weight excluding hydrogens is 386 g/mol. The molecule has 0 aliphatic carbocycles. The number of carbonyl (C=O) groups excluding carboxylic acids is 1. The first-order chi connectivity index (χ1) is 14.5. The molecular formula is C22H29N3O5. The molecule has 8 nitrogen and oxygen atoms in total. The summed E-state index contributed by atoms with van der Waals surface area (Å²) in [4.78, 5) is 26.0. The predicted octanol–water partition coefficient (Wildman–Crippen LogP) is 2.67. The minimum atomic E-state index is -0.218. The van der Waals surface area contributed by atoms with Gasteiger partial charge in [-0.05, 0) is 46.0 Å². The summed E-state index contributed by atoms with van der Waals surface area (Å²) in [6.07, 6.45) is 5.60. The Morgan fingerprint density at radius 1 is 1.30 bits per heavy atom. The van der Waals surface area contributed by atoms with E-state index < -0.39 is 0 Å². The average molecular weight is 415 g/mol. The molecule has 8 heteroatoms. The van der Waals surface area contributed by atoms with Crippen LogP contribution < -0.4 is 15.6 Å². The molecule has 0 radical (unpaired) electrons. The summed E-state index contributed by atoms with van der Waals surface area (Å²) < 4.78 is 18.6. The second-order valence-electron chi connectivity index (χ2n) is 8.07. The summed E-state index contributed by atoms with van der Waals surface area (Å²) in [5, 5.41) is 6.94. The molecule has 30 heavy (non-hydrogen) atoms. The molecule has 2 aliphatic heterocycles. The molecule has 1 N–H and O–H groups in total. The van der Waals surface area contributed by atoms with Crippen LogP contribution in [0.5, 0.6) is 5.75 Å². The summed E-state index contributed by atoms with van der Waals surface area (Å²) in [5.74, 6) is 0.770. The van der Waals surface area contributed by atoms with E-state index >= 15 is 0 Å². The highest BCUT2D eigenvalue weighted by Crippen LogP contribution is 2.26. The maximum Gasteiger partial charge on any atom is 0.256 e. The van der Waals surface area contributed by atoms with Crippen molar-refractivity contribution >= 4 is 5.91 Å². The van der Waals surface area contributed by atoms with E-state index in [0.29, 0.717) is 36.6 Å². The number of amides is 1. The van der Waals surface area contributed by atoms with Crippen molar-refractivity contribution in [3.05, 3.63) is 44.7 Å². The summed E-state index contributed by atoms with van der Waals surface area (Å²) in [7, 11) is 0. The van der Waals surface area contributed by atoms with Gasteiger partial charge in [-0.2, -0.15) is 0 Å². The Kier molecular flexibility index (Phi) is 6.22. The first-order valence-electron chi connectivity index (χ1n) is 10.8. The number of aryl methyl sites for hydroxylation is 2. The molecule has 1 fully saturated rings. The van der Waals surface area contributed by atoms with Crippen LogP contribution in [0.15, 0.2) is 15.4 Å². The molecule has 1 unspecified atom stereocenters. The van der Waals surface area contributed by atoms with Gasteiger partial charge in [0.05, 0.1) is 17.4 Å². The van der Waals surface area contributed by atoms with Gasteiger partial charge in [-0.25, -0.2) is 0 Å². The molecule has 2 aromatic heterocycles. The Morgan fingerprint density at radius 2 is 2.17 bits per heavy atom. The Bertz CT molecular complexity index is 952. The number of carbonyl (C=O) groups is 1. The molecule has 0 aromatic carbocycles. The van der Waals surface area contributed by atoms with E-state index in [1.54, 1.807) is 4.57 Å². The van der Waals surface area contributed by atoms with E-state index in [2.05, 4.69) is 10.5 Å². The molecule has 4 heterocycles. The van der Waals surface area contributed by atoms with Gasteiger partial charge >= 0.3 is 0 Å². The van der Waals surface area contributed by atoms with Gasteiger partial charge in [0, 0.05) is 31.5 Å². The SMILES string of the molecule is Cc1noc(C)c1COc1cc(=O)n2c(c1C(=O)NCC1CCCO1)CCCCC2. The van der Waals surface area contributed by atoms with Crippen molar-refractivity contribution < 1.29 is 18.8 Å². The lowest BCUT2D eigenvalue weighted by Crippen LogP contribution is -2.35. The van der Waals surface area contributed by atoms with Gasteiger partial charge in [0.25, 0.3) is 11.5 Å². The lowest BCUT2D eigenvalue weighted by molar-refractivity contribution is 0.0852. The van der Waals surface area contributed by atoms with Crippen molar-refractivity contribution in [1.82, 2.24) is 15.0 Å². The Balaban J connectivity index is 1.65. The van der Waals surface area contributed by atoms with E-state index in [1.807, 2.05) is 13.8 Å². The highest BCUT2D eigenvalue weighted by molar-refractivity contribution is 5.98. The Labute approximate surface area is 175 Å². The second kappa shape index (κ2) is 9.04. The van der Waals surface area contributed by atoms with Crippen LogP contribution in [0.25, 0.3) is 0 Å². The standard InChI is InChI=1S/C22H29N3O5/c1-14-17(15(2)30-24-14)13-29-19-11-20(26)25-9-5-3-4-8-18(25)21(19)22(27)23-12-16-7-6-10-28-16/h11,16H,3-10,12-13H2,1-2H3,(H,23,27). The molecule has 162 valence electrons. The molecule has 1 atom stereocenters. The summed E-state index contributed by atoms with van der Waals surface area (Å²) in [6.45, 7) is 5.68. The number of fused-ring (bicyclic) bond motifs is 1. The van der Waals surface area contributed by atoms with Crippen molar-refractivity contribution in [3.8, 4) is 5.75 Å². The molecule has 2 aliphatic rings. The highest BCUT2D eigenvalue weighted by atomic mass is 16.5. The first-order valence-corrected chi connectivity index (χ1v) is 10.8. The van der Waals surface area contributed by atoms with Crippen LogP contribution in [0.4, 0.5) is 0 Å². The molecule has 1 amide bonds. The zero-order valence-corrected chi connectivity index (χ0v) is 17.7. The minimum Gasteiger partial charge on any atom is -0.488 e. The number of rotatable bonds is 6. The number of aromatic nitrogens is 2. The van der Waals surface area contributed by atoms with Gasteiger partial charge in [0.15, 0.2) is 0 Å². The van der Waals surface area contributed by atoms with Gasteiger partial charge in [0.1, 0.15) is 23.7 Å². The number of nitrogens with zero attached hydrogens (tertiary/aromatic N) is 2. The summed E-state index contributed by atoms with van der Waals surface area (Å²) in [5.41, 5.74) is 2.66. The molecule has 1 saturated heterocycles. The normalized spacial score (nSPS) is 18.7. The first kappa shape index (κ1) is 20.7. The fourth-order valence-corrected chi connectivity index (χ4v) is 4.23. The summed E-state index contributed by atoms with van der Waals surface area (Å²) in [6, 6.07) is 1.44. The molecule has 0 saturated carbocycles. The third-order valence-electron chi connectivity index (χ3n) is 5.97. The minimum absolute atomic E-state index is 0.0469. The summed E-state index contributed by atoms with van der Waals surface area (Å²) >= 11 is 0. The van der Waals surface area contributed by atoms with Gasteiger partial charge in [-0.3, -0.25) is 9.59 Å². The lowest BCUT2D eigenvalue weighted by atomic mass is 10.1. The van der Waals surface area contributed by atoms with Crippen molar-refractivity contribution in [1.29, 1.82) is 0 Å². The van der Waals surface area contributed by atoms with Crippen molar-refractivity contribution in [2.75, 3.05) is 13.2 Å². The predicted molar refractivity (Wildman–Crippen MR) is 110 cm³/mol. The van der Waals surface area contributed by atoms with Crippen molar-refractivity contribution in [3.63, 3.8) is 0 Å². The van der Waals surface area contributed by atoms with Crippen LogP contribution in [-0.4, -0.2) is 34.9 Å². The smallest absolute Gasteiger partial charge is 0.256 e. The monoisotopic (exact) mass is 415 g/mol.